The Balaban J connectivity index is 2.08. The summed E-state index contributed by atoms with van der Waals surface area (Å²) in [5, 5.41) is 14.4. The van der Waals surface area contributed by atoms with Gasteiger partial charge in [0.05, 0.1) is 11.6 Å². The van der Waals surface area contributed by atoms with E-state index in [0.717, 1.165) is 27.8 Å². The minimum absolute atomic E-state index is 0.0398. The van der Waals surface area contributed by atoms with Gasteiger partial charge in [-0.3, -0.25) is 0 Å². The number of aliphatic hydroxyl groups excluding tert-OH is 1. The predicted molar refractivity (Wildman–Crippen MR) is 117 cm³/mol. The van der Waals surface area contributed by atoms with Crippen molar-refractivity contribution in [2.45, 2.75) is 19.9 Å². The van der Waals surface area contributed by atoms with Gasteiger partial charge in [-0.1, -0.05) is 36.4 Å². The SMILES string of the molecule is [C-]#[N+]/C(=C\c1c(-c2ccc(C)cc2)c2c(N)ncnc2n1CCCO)n1cccn1. The Hall–Kier alpha value is -3.96. The highest BCUT2D eigenvalue weighted by molar-refractivity contribution is 6.05. The van der Waals surface area contributed by atoms with Crippen LogP contribution in [-0.2, 0) is 6.54 Å². The molecule has 4 rings (SSSR count). The third kappa shape index (κ3) is 3.43. The number of fused-ring (bicyclic) bond motifs is 1. The number of anilines is 1. The number of hydrogen-bond acceptors (Lipinski definition) is 5. The predicted octanol–water partition coefficient (Wildman–Crippen LogP) is 3.44. The third-order valence-electron chi connectivity index (χ3n) is 4.91. The Morgan fingerprint density at radius 1 is 1.27 bits per heavy atom. The highest BCUT2D eigenvalue weighted by Gasteiger charge is 2.21. The second-order valence-corrected chi connectivity index (χ2v) is 6.88. The van der Waals surface area contributed by atoms with Gasteiger partial charge in [0.15, 0.2) is 0 Å². The largest absolute Gasteiger partial charge is 0.396 e. The molecule has 0 aliphatic heterocycles. The van der Waals surface area contributed by atoms with Gasteiger partial charge in [0.2, 0.25) is 0 Å². The molecule has 0 aliphatic carbocycles. The summed E-state index contributed by atoms with van der Waals surface area (Å²) in [5.41, 5.74) is 10.7. The second kappa shape index (κ2) is 8.19. The molecule has 0 bridgehead atoms. The lowest BCUT2D eigenvalue weighted by molar-refractivity contribution is 0.280. The van der Waals surface area contributed by atoms with Gasteiger partial charge in [-0.25, -0.2) is 9.97 Å². The fourth-order valence-electron chi connectivity index (χ4n) is 3.51. The maximum absolute atomic E-state index is 9.43. The molecule has 8 heteroatoms. The molecule has 0 amide bonds. The van der Waals surface area contributed by atoms with Crippen LogP contribution in [0.3, 0.4) is 0 Å². The van der Waals surface area contributed by atoms with Gasteiger partial charge in [-0.2, -0.15) is 4.68 Å². The third-order valence-corrected chi connectivity index (χ3v) is 4.91. The van der Waals surface area contributed by atoms with Crippen molar-refractivity contribution in [2.24, 2.45) is 0 Å². The smallest absolute Gasteiger partial charge is 0.257 e. The van der Waals surface area contributed by atoms with Gasteiger partial charge in [-0.15, -0.1) is 5.10 Å². The Bertz CT molecular complexity index is 1250. The number of aliphatic hydroxyl groups is 1. The van der Waals surface area contributed by atoms with Crippen molar-refractivity contribution in [3.63, 3.8) is 0 Å². The van der Waals surface area contributed by atoms with Crippen LogP contribution in [0.5, 0.6) is 0 Å². The van der Waals surface area contributed by atoms with Crippen LogP contribution in [-0.4, -0.2) is 36.0 Å². The minimum Gasteiger partial charge on any atom is -0.396 e. The van der Waals surface area contributed by atoms with Crippen molar-refractivity contribution in [1.29, 1.82) is 0 Å². The summed E-state index contributed by atoms with van der Waals surface area (Å²) in [6.07, 6.45) is 7.11. The van der Waals surface area contributed by atoms with Crippen molar-refractivity contribution < 1.29 is 5.11 Å². The lowest BCUT2D eigenvalue weighted by Crippen LogP contribution is -2.05. The molecule has 30 heavy (non-hydrogen) atoms. The van der Waals surface area contributed by atoms with Crippen molar-refractivity contribution in [3.05, 3.63) is 71.7 Å². The van der Waals surface area contributed by atoms with Crippen LogP contribution in [0.15, 0.2) is 49.1 Å². The van der Waals surface area contributed by atoms with Crippen molar-refractivity contribution in [3.8, 4) is 11.1 Å². The van der Waals surface area contributed by atoms with Crippen molar-refractivity contribution in [2.75, 3.05) is 12.3 Å². The van der Waals surface area contributed by atoms with Crippen LogP contribution < -0.4 is 5.73 Å². The number of aryl methyl sites for hydroxylation is 2. The molecule has 3 heterocycles. The van der Waals surface area contributed by atoms with Crippen LogP contribution in [0, 0.1) is 13.5 Å². The van der Waals surface area contributed by atoms with Crippen LogP contribution in [0.1, 0.15) is 17.7 Å². The molecule has 0 radical (unpaired) electrons. The Kier molecular flexibility index (Phi) is 5.28. The monoisotopic (exact) mass is 399 g/mol. The number of rotatable bonds is 6. The van der Waals surface area contributed by atoms with E-state index < -0.39 is 0 Å². The molecular weight excluding hydrogens is 378 g/mol. The molecule has 0 unspecified atom stereocenters. The van der Waals surface area contributed by atoms with Gasteiger partial charge >= 0.3 is 0 Å². The molecular formula is C22H21N7O. The zero-order chi connectivity index (χ0) is 21.1. The highest BCUT2D eigenvalue weighted by Crippen LogP contribution is 2.38. The van der Waals surface area contributed by atoms with E-state index in [2.05, 4.69) is 19.9 Å². The molecule has 0 atom stereocenters. The first kappa shape index (κ1) is 19.4. The van der Waals surface area contributed by atoms with E-state index in [9.17, 15) is 5.11 Å². The van der Waals surface area contributed by atoms with E-state index in [4.69, 9.17) is 12.3 Å². The summed E-state index contributed by atoms with van der Waals surface area (Å²) in [6, 6.07) is 9.88. The Morgan fingerprint density at radius 2 is 2.07 bits per heavy atom. The summed E-state index contributed by atoms with van der Waals surface area (Å²) in [5.74, 6) is 0.712. The van der Waals surface area contributed by atoms with E-state index >= 15 is 0 Å². The molecule has 150 valence electrons. The first-order valence-electron chi connectivity index (χ1n) is 9.53. The van der Waals surface area contributed by atoms with Gasteiger partial charge in [-0.05, 0) is 25.0 Å². The molecule has 0 fully saturated rings. The fraction of sp³-hybridized carbons (Fsp3) is 0.182. The highest BCUT2D eigenvalue weighted by atomic mass is 16.3. The van der Waals surface area contributed by atoms with E-state index in [1.807, 2.05) is 35.8 Å². The van der Waals surface area contributed by atoms with E-state index in [0.29, 0.717) is 30.3 Å². The maximum atomic E-state index is 9.43. The van der Waals surface area contributed by atoms with Gasteiger partial charge in [0, 0.05) is 30.5 Å². The summed E-state index contributed by atoms with van der Waals surface area (Å²) in [4.78, 5) is 12.3. The maximum Gasteiger partial charge on any atom is 0.257 e. The first-order chi connectivity index (χ1) is 14.6. The molecule has 4 aromatic rings. The minimum atomic E-state index is 0.0398. The quantitative estimate of drug-likeness (QED) is 0.484. The summed E-state index contributed by atoms with van der Waals surface area (Å²) in [7, 11) is 0. The number of aromatic nitrogens is 5. The fourth-order valence-corrected chi connectivity index (χ4v) is 3.51. The molecule has 0 aliphatic rings. The lowest BCUT2D eigenvalue weighted by Gasteiger charge is -2.10. The number of nitrogens with zero attached hydrogens (tertiary/aromatic N) is 6. The molecule has 3 aromatic heterocycles. The Morgan fingerprint density at radius 3 is 2.73 bits per heavy atom. The molecule has 3 N–H and O–H groups in total. The van der Waals surface area contributed by atoms with E-state index in [-0.39, 0.29) is 6.61 Å². The summed E-state index contributed by atoms with van der Waals surface area (Å²) >= 11 is 0. The summed E-state index contributed by atoms with van der Waals surface area (Å²) < 4.78 is 3.50. The molecule has 1 aromatic carbocycles. The topological polar surface area (TPSA) is 99.1 Å². The normalized spacial score (nSPS) is 11.7. The van der Waals surface area contributed by atoms with E-state index in [1.54, 1.807) is 24.5 Å². The van der Waals surface area contributed by atoms with Crippen LogP contribution >= 0.6 is 0 Å². The number of nitrogens with two attached hydrogens (primary N) is 1. The van der Waals surface area contributed by atoms with Crippen LogP contribution in [0.2, 0.25) is 0 Å². The van der Waals surface area contributed by atoms with Crippen LogP contribution in [0.4, 0.5) is 5.82 Å². The molecule has 8 nitrogen and oxygen atoms in total. The van der Waals surface area contributed by atoms with Gasteiger partial charge in [0.1, 0.15) is 24.0 Å². The second-order valence-electron chi connectivity index (χ2n) is 6.88. The van der Waals surface area contributed by atoms with Gasteiger partial charge < -0.3 is 20.3 Å². The number of benzene rings is 1. The average molecular weight is 399 g/mol. The lowest BCUT2D eigenvalue weighted by atomic mass is 10.0. The first-order valence-corrected chi connectivity index (χ1v) is 9.53. The Labute approximate surface area is 173 Å². The van der Waals surface area contributed by atoms with E-state index in [1.165, 1.54) is 11.0 Å². The zero-order valence-corrected chi connectivity index (χ0v) is 16.5. The van der Waals surface area contributed by atoms with Crippen molar-refractivity contribution >= 4 is 28.7 Å². The number of nitrogen functional groups attached to an aromatic ring is 1. The molecule has 0 saturated heterocycles. The van der Waals surface area contributed by atoms with Gasteiger partial charge in [0.25, 0.3) is 5.82 Å². The molecule has 0 spiro atoms. The van der Waals surface area contributed by atoms with Crippen molar-refractivity contribution in [1.82, 2.24) is 24.3 Å². The molecule has 0 saturated carbocycles. The van der Waals surface area contributed by atoms with Crippen LogP contribution in [0.25, 0.3) is 38.9 Å². The zero-order valence-electron chi connectivity index (χ0n) is 16.5. The number of hydrogen-bond donors (Lipinski definition) is 2. The average Bonchev–Trinajstić information content (AvgIpc) is 3.38. The standard InChI is InChI=1S/C22H21N7O/c1-15-5-7-16(8-6-15)19-17(13-18(24-2)29-11-3-9-27-29)28(10-4-12-30)22-20(19)21(23)25-14-26-22/h3,5-9,11,13-14,30H,4,10,12H2,1H3,(H2,23,25,26)/b18-13+. The summed E-state index contributed by atoms with van der Waals surface area (Å²) in [6.45, 7) is 10.3.